The molecule has 1 heterocycles. The average molecular weight is 196 g/mol. The van der Waals surface area contributed by atoms with Crippen LogP contribution in [-0.2, 0) is 0 Å². The van der Waals surface area contributed by atoms with Gasteiger partial charge in [0.15, 0.2) is 5.15 Å². The van der Waals surface area contributed by atoms with E-state index in [2.05, 4.69) is 22.1 Å². The zero-order valence-electron chi connectivity index (χ0n) is 7.26. The first-order chi connectivity index (χ1) is 6.24. The van der Waals surface area contributed by atoms with E-state index in [1.807, 2.05) is 7.05 Å². The maximum absolute atomic E-state index is 5.65. The van der Waals surface area contributed by atoms with Crippen molar-refractivity contribution >= 4 is 17.3 Å². The van der Waals surface area contributed by atoms with E-state index in [-0.39, 0.29) is 0 Å². The summed E-state index contributed by atoms with van der Waals surface area (Å²) in [5, 5.41) is 3.23. The first-order valence-electron chi connectivity index (χ1n) is 3.78. The van der Waals surface area contributed by atoms with Gasteiger partial charge in [0, 0.05) is 11.8 Å². The van der Waals surface area contributed by atoms with E-state index in [1.54, 1.807) is 12.3 Å². The zero-order chi connectivity index (χ0) is 9.68. The molecule has 0 radical (unpaired) electrons. The van der Waals surface area contributed by atoms with Crippen LogP contribution in [0.5, 0.6) is 0 Å². The Labute approximate surface area is 82.3 Å². The molecular weight excluding hydrogens is 186 g/mol. The van der Waals surface area contributed by atoms with Crippen LogP contribution in [0.25, 0.3) is 0 Å². The third-order valence-corrected chi connectivity index (χ3v) is 1.68. The maximum atomic E-state index is 5.65. The van der Waals surface area contributed by atoms with Crippen molar-refractivity contribution < 1.29 is 0 Å². The summed E-state index contributed by atoms with van der Waals surface area (Å²) in [6.45, 7) is 0.641. The molecule has 0 fully saturated rings. The molecule has 0 saturated carbocycles. The minimum Gasteiger partial charge on any atom is -0.396 e. The van der Waals surface area contributed by atoms with Gasteiger partial charge in [-0.05, 0) is 13.1 Å². The highest BCUT2D eigenvalue weighted by Gasteiger charge is 1.96. The molecule has 0 amide bonds. The molecule has 0 aliphatic rings. The summed E-state index contributed by atoms with van der Waals surface area (Å²) in [6.07, 6.45) is 1.60. The molecule has 0 aliphatic carbocycles. The van der Waals surface area contributed by atoms with E-state index in [9.17, 15) is 0 Å². The predicted octanol–water partition coefficient (Wildman–Crippen LogP) is 0.888. The number of aromatic nitrogens is 1. The van der Waals surface area contributed by atoms with Crippen molar-refractivity contribution in [3.63, 3.8) is 0 Å². The lowest BCUT2D eigenvalue weighted by Crippen LogP contribution is -2.04. The molecule has 4 heteroatoms. The topological polar surface area (TPSA) is 50.9 Å². The number of pyridine rings is 1. The van der Waals surface area contributed by atoms with E-state index in [0.717, 1.165) is 5.56 Å². The van der Waals surface area contributed by atoms with Crippen LogP contribution in [0.3, 0.4) is 0 Å². The van der Waals surface area contributed by atoms with Gasteiger partial charge in [0.05, 0.1) is 12.2 Å². The highest BCUT2D eigenvalue weighted by Crippen LogP contribution is 2.15. The largest absolute Gasteiger partial charge is 0.396 e. The third-order valence-electron chi connectivity index (χ3n) is 1.36. The van der Waals surface area contributed by atoms with Crippen LogP contribution in [0.2, 0.25) is 5.15 Å². The molecule has 1 aromatic heterocycles. The highest BCUT2D eigenvalue weighted by atomic mass is 35.5. The third kappa shape index (κ3) is 2.94. The lowest BCUT2D eigenvalue weighted by Gasteiger charge is -1.95. The number of nitrogens with two attached hydrogens (primary N) is 1. The van der Waals surface area contributed by atoms with E-state index in [0.29, 0.717) is 17.4 Å². The molecule has 1 aromatic rings. The maximum Gasteiger partial charge on any atom is 0.151 e. The van der Waals surface area contributed by atoms with E-state index in [1.165, 1.54) is 0 Å². The number of nitrogen functional groups attached to an aromatic ring is 1. The van der Waals surface area contributed by atoms with Gasteiger partial charge in [0.1, 0.15) is 0 Å². The van der Waals surface area contributed by atoms with Crippen molar-refractivity contribution in [2.75, 3.05) is 19.3 Å². The van der Waals surface area contributed by atoms with E-state index >= 15 is 0 Å². The monoisotopic (exact) mass is 195 g/mol. The highest BCUT2D eigenvalue weighted by molar-refractivity contribution is 6.31. The fraction of sp³-hybridized carbons (Fsp3) is 0.222. The van der Waals surface area contributed by atoms with Gasteiger partial charge in [-0.1, -0.05) is 23.4 Å². The van der Waals surface area contributed by atoms with Crippen molar-refractivity contribution in [3.8, 4) is 11.8 Å². The van der Waals surface area contributed by atoms with Crippen molar-refractivity contribution in [2.24, 2.45) is 0 Å². The quantitative estimate of drug-likeness (QED) is 0.517. The summed E-state index contributed by atoms with van der Waals surface area (Å²) >= 11 is 5.65. The molecule has 13 heavy (non-hydrogen) atoms. The van der Waals surface area contributed by atoms with Gasteiger partial charge in [-0.3, -0.25) is 0 Å². The normalized spacial score (nSPS) is 9.08. The first kappa shape index (κ1) is 9.85. The van der Waals surface area contributed by atoms with Crippen LogP contribution in [-0.4, -0.2) is 18.6 Å². The fourth-order valence-corrected chi connectivity index (χ4v) is 0.871. The van der Waals surface area contributed by atoms with Gasteiger partial charge in [-0.25, -0.2) is 4.98 Å². The summed E-state index contributed by atoms with van der Waals surface area (Å²) in [6, 6.07) is 1.71. The minimum atomic E-state index is 0.319. The Bertz CT molecular complexity index is 352. The second-order valence-corrected chi connectivity index (χ2v) is 2.79. The number of hydrogen-bond donors (Lipinski definition) is 2. The molecule has 0 aromatic carbocycles. The molecule has 0 aliphatic heterocycles. The second-order valence-electron chi connectivity index (χ2n) is 2.44. The number of anilines is 1. The van der Waals surface area contributed by atoms with Crippen LogP contribution in [0, 0.1) is 11.8 Å². The van der Waals surface area contributed by atoms with Crippen molar-refractivity contribution in [3.05, 3.63) is 23.0 Å². The number of nitrogens with one attached hydrogen (secondary N) is 1. The Kier molecular flexibility index (Phi) is 3.56. The van der Waals surface area contributed by atoms with Crippen LogP contribution in [0.1, 0.15) is 5.56 Å². The van der Waals surface area contributed by atoms with Crippen molar-refractivity contribution in [1.82, 2.24) is 10.3 Å². The van der Waals surface area contributed by atoms with Gasteiger partial charge < -0.3 is 11.1 Å². The molecule has 1 rings (SSSR count). The van der Waals surface area contributed by atoms with Gasteiger partial charge >= 0.3 is 0 Å². The molecule has 3 nitrogen and oxygen atoms in total. The molecule has 3 N–H and O–H groups in total. The van der Waals surface area contributed by atoms with Crippen LogP contribution < -0.4 is 11.1 Å². The molecular formula is C9H10ClN3. The standard InChI is InChI=1S/C9H10ClN3/c1-12-4-2-3-7-5-8(11)9(10)13-6-7/h5-6,12H,4,11H2,1H3. The smallest absolute Gasteiger partial charge is 0.151 e. The summed E-state index contributed by atoms with van der Waals surface area (Å²) in [5.74, 6) is 5.80. The Hall–Kier alpha value is -1.24. The molecule has 0 spiro atoms. The summed E-state index contributed by atoms with van der Waals surface area (Å²) in [7, 11) is 1.84. The number of halogens is 1. The lowest BCUT2D eigenvalue weighted by atomic mass is 10.3. The fourth-order valence-electron chi connectivity index (χ4n) is 0.768. The SMILES string of the molecule is CNCC#Cc1cnc(Cl)c(N)c1. The molecule has 0 bridgehead atoms. The average Bonchev–Trinajstić information content (AvgIpc) is 2.12. The second kappa shape index (κ2) is 4.70. The van der Waals surface area contributed by atoms with E-state index in [4.69, 9.17) is 17.3 Å². The van der Waals surface area contributed by atoms with Crippen LogP contribution >= 0.6 is 11.6 Å². The molecule has 0 atom stereocenters. The minimum absolute atomic E-state index is 0.319. The zero-order valence-corrected chi connectivity index (χ0v) is 8.02. The number of hydrogen-bond acceptors (Lipinski definition) is 3. The van der Waals surface area contributed by atoms with Gasteiger partial charge in [-0.15, -0.1) is 0 Å². The van der Waals surface area contributed by atoms with Crippen molar-refractivity contribution in [2.45, 2.75) is 0 Å². The van der Waals surface area contributed by atoms with E-state index < -0.39 is 0 Å². The van der Waals surface area contributed by atoms with Crippen molar-refractivity contribution in [1.29, 1.82) is 0 Å². The summed E-state index contributed by atoms with van der Waals surface area (Å²) in [5.41, 5.74) is 6.78. The van der Waals surface area contributed by atoms with Gasteiger partial charge in [-0.2, -0.15) is 0 Å². The number of nitrogens with zero attached hydrogens (tertiary/aromatic N) is 1. The Morgan fingerprint density at radius 3 is 3.08 bits per heavy atom. The summed E-state index contributed by atoms with van der Waals surface area (Å²) < 4.78 is 0. The molecule has 68 valence electrons. The predicted molar refractivity (Wildman–Crippen MR) is 54.5 cm³/mol. The Morgan fingerprint density at radius 1 is 1.69 bits per heavy atom. The van der Waals surface area contributed by atoms with Gasteiger partial charge in [0.25, 0.3) is 0 Å². The first-order valence-corrected chi connectivity index (χ1v) is 4.16. The van der Waals surface area contributed by atoms with Crippen LogP contribution in [0.4, 0.5) is 5.69 Å². The summed E-state index contributed by atoms with van der Waals surface area (Å²) in [4.78, 5) is 3.87. The van der Waals surface area contributed by atoms with Crippen LogP contribution in [0.15, 0.2) is 12.3 Å². The lowest BCUT2D eigenvalue weighted by molar-refractivity contribution is 0.938. The molecule has 0 saturated heterocycles. The number of rotatable bonds is 1. The molecule has 0 unspecified atom stereocenters. The Balaban J connectivity index is 2.81. The van der Waals surface area contributed by atoms with Gasteiger partial charge in [0.2, 0.25) is 0 Å². The Morgan fingerprint density at radius 2 is 2.46 bits per heavy atom.